The highest BCUT2D eigenvalue weighted by Gasteiger charge is 1.96. The van der Waals surface area contributed by atoms with E-state index in [9.17, 15) is 4.79 Å². The largest absolute Gasteiger partial charge is 0.283 e. The molecule has 0 saturated carbocycles. The molecule has 0 bridgehead atoms. The molecule has 0 spiro atoms. The van der Waals surface area contributed by atoms with Gasteiger partial charge in [-0.3, -0.25) is 9.78 Å². The molecule has 1 aromatic heterocycles. The summed E-state index contributed by atoms with van der Waals surface area (Å²) in [4.78, 5) is 15.2. The standard InChI is InChI=1S/C9H10NOS/c1-2-5-12-9-3-4-10-8(6-9)7-11/h3-4,6H,2,5H2,1H3. The van der Waals surface area contributed by atoms with Gasteiger partial charge in [0, 0.05) is 11.1 Å². The smallest absolute Gasteiger partial charge is 0.253 e. The van der Waals surface area contributed by atoms with Gasteiger partial charge in [-0.05, 0) is 24.3 Å². The molecule has 0 aromatic carbocycles. The fraction of sp³-hybridized carbons (Fsp3) is 0.333. The maximum Gasteiger partial charge on any atom is 0.253 e. The second-order valence-electron chi connectivity index (χ2n) is 2.33. The molecular weight excluding hydrogens is 170 g/mol. The summed E-state index contributed by atoms with van der Waals surface area (Å²) in [6, 6.07) is 3.66. The molecule has 1 aromatic rings. The fourth-order valence-electron chi connectivity index (χ4n) is 0.777. The molecule has 63 valence electrons. The van der Waals surface area contributed by atoms with E-state index in [0.29, 0.717) is 5.69 Å². The Morgan fingerprint density at radius 1 is 1.67 bits per heavy atom. The minimum Gasteiger partial charge on any atom is -0.283 e. The number of hydrogen-bond acceptors (Lipinski definition) is 3. The molecule has 0 aliphatic carbocycles. The molecule has 0 saturated heterocycles. The molecule has 1 radical (unpaired) electrons. The molecule has 1 rings (SSSR count). The van der Waals surface area contributed by atoms with Crippen molar-refractivity contribution in [3.63, 3.8) is 0 Å². The monoisotopic (exact) mass is 180 g/mol. The van der Waals surface area contributed by atoms with Gasteiger partial charge in [-0.25, -0.2) is 0 Å². The third kappa shape index (κ3) is 2.66. The second-order valence-corrected chi connectivity index (χ2v) is 3.50. The van der Waals surface area contributed by atoms with Crippen molar-refractivity contribution >= 4 is 18.0 Å². The number of aromatic nitrogens is 1. The van der Waals surface area contributed by atoms with Crippen LogP contribution in [-0.2, 0) is 4.79 Å². The van der Waals surface area contributed by atoms with Gasteiger partial charge in [-0.2, -0.15) is 0 Å². The molecule has 0 aliphatic rings. The van der Waals surface area contributed by atoms with Crippen LogP contribution in [0.15, 0.2) is 23.2 Å². The molecule has 12 heavy (non-hydrogen) atoms. The number of carbonyl (C=O) groups excluding carboxylic acids is 1. The maximum atomic E-state index is 10.2. The van der Waals surface area contributed by atoms with Crippen LogP contribution in [0.1, 0.15) is 19.0 Å². The molecular formula is C9H10NOS. The second kappa shape index (κ2) is 4.93. The highest BCUT2D eigenvalue weighted by atomic mass is 32.2. The number of thioether (sulfide) groups is 1. The van der Waals surface area contributed by atoms with E-state index >= 15 is 0 Å². The average Bonchev–Trinajstić information content (AvgIpc) is 2.15. The summed E-state index contributed by atoms with van der Waals surface area (Å²) in [7, 11) is 0. The van der Waals surface area contributed by atoms with E-state index in [1.165, 1.54) is 0 Å². The van der Waals surface area contributed by atoms with Crippen molar-refractivity contribution in [2.45, 2.75) is 18.2 Å². The van der Waals surface area contributed by atoms with Crippen LogP contribution in [0, 0.1) is 0 Å². The molecule has 1 heterocycles. The van der Waals surface area contributed by atoms with Crippen molar-refractivity contribution in [1.29, 1.82) is 0 Å². The summed E-state index contributed by atoms with van der Waals surface area (Å²) in [5.74, 6) is 1.07. The van der Waals surface area contributed by atoms with Crippen LogP contribution in [-0.4, -0.2) is 17.0 Å². The van der Waals surface area contributed by atoms with Crippen LogP contribution in [0.3, 0.4) is 0 Å². The molecule has 0 unspecified atom stereocenters. The Labute approximate surface area is 76.4 Å². The lowest BCUT2D eigenvalue weighted by Gasteiger charge is -1.98. The summed E-state index contributed by atoms with van der Waals surface area (Å²) in [6.07, 6.45) is 4.54. The Morgan fingerprint density at radius 3 is 3.17 bits per heavy atom. The van der Waals surface area contributed by atoms with Gasteiger partial charge in [0.05, 0.1) is 0 Å². The first-order valence-corrected chi connectivity index (χ1v) is 4.82. The predicted octanol–water partition coefficient (Wildman–Crippen LogP) is 2.04. The number of rotatable bonds is 4. The lowest BCUT2D eigenvalue weighted by atomic mass is 10.4. The number of pyridine rings is 1. The zero-order chi connectivity index (χ0) is 8.81. The van der Waals surface area contributed by atoms with Crippen molar-refractivity contribution in [2.75, 3.05) is 5.75 Å². The zero-order valence-corrected chi connectivity index (χ0v) is 7.73. The Kier molecular flexibility index (Phi) is 3.80. The first-order chi connectivity index (χ1) is 5.86. The van der Waals surface area contributed by atoms with Crippen LogP contribution in [0.5, 0.6) is 0 Å². The molecule has 0 amide bonds. The van der Waals surface area contributed by atoms with Gasteiger partial charge >= 0.3 is 0 Å². The van der Waals surface area contributed by atoms with Crippen molar-refractivity contribution in [3.8, 4) is 0 Å². The van der Waals surface area contributed by atoms with E-state index in [1.807, 2.05) is 6.07 Å². The highest BCUT2D eigenvalue weighted by Crippen LogP contribution is 2.17. The predicted molar refractivity (Wildman–Crippen MR) is 50.0 cm³/mol. The van der Waals surface area contributed by atoms with Crippen molar-refractivity contribution in [1.82, 2.24) is 4.98 Å². The van der Waals surface area contributed by atoms with Crippen LogP contribution < -0.4 is 0 Å². The van der Waals surface area contributed by atoms with Crippen molar-refractivity contribution in [3.05, 3.63) is 24.0 Å². The molecule has 0 fully saturated rings. The third-order valence-corrected chi connectivity index (χ3v) is 2.51. The van der Waals surface area contributed by atoms with Crippen LogP contribution >= 0.6 is 11.8 Å². The van der Waals surface area contributed by atoms with E-state index in [2.05, 4.69) is 11.9 Å². The molecule has 2 nitrogen and oxygen atoms in total. The minimum absolute atomic E-state index is 0.385. The van der Waals surface area contributed by atoms with Gasteiger partial charge in [0.25, 0.3) is 6.29 Å². The van der Waals surface area contributed by atoms with Crippen LogP contribution in [0.25, 0.3) is 0 Å². The van der Waals surface area contributed by atoms with Gasteiger partial charge in [0.1, 0.15) is 5.69 Å². The summed E-state index contributed by atoms with van der Waals surface area (Å²) in [5.41, 5.74) is 0.385. The van der Waals surface area contributed by atoms with Gasteiger partial charge in [0.2, 0.25) is 0 Å². The Bertz CT molecular complexity index is 262. The Hall–Kier alpha value is -0.830. The van der Waals surface area contributed by atoms with Crippen molar-refractivity contribution < 1.29 is 4.79 Å². The summed E-state index contributed by atoms with van der Waals surface area (Å²) < 4.78 is 0. The van der Waals surface area contributed by atoms with Gasteiger partial charge in [0.15, 0.2) is 0 Å². The van der Waals surface area contributed by atoms with Crippen molar-refractivity contribution in [2.24, 2.45) is 0 Å². The maximum absolute atomic E-state index is 10.2. The van der Waals surface area contributed by atoms with Crippen LogP contribution in [0.2, 0.25) is 0 Å². The SMILES string of the molecule is CCCSc1ccnc([C]=O)c1. The molecule has 0 atom stereocenters. The van der Waals surface area contributed by atoms with Gasteiger partial charge in [-0.1, -0.05) is 6.92 Å². The fourth-order valence-corrected chi connectivity index (χ4v) is 1.57. The zero-order valence-electron chi connectivity index (χ0n) is 6.91. The average molecular weight is 180 g/mol. The van der Waals surface area contributed by atoms with Gasteiger partial charge < -0.3 is 0 Å². The number of hydrogen-bond donors (Lipinski definition) is 0. The topological polar surface area (TPSA) is 30.0 Å². The lowest BCUT2D eigenvalue weighted by molar-refractivity contribution is 0.561. The first-order valence-electron chi connectivity index (χ1n) is 3.84. The molecule has 3 heteroatoms. The quantitative estimate of drug-likeness (QED) is 0.664. The third-order valence-electron chi connectivity index (χ3n) is 1.31. The van der Waals surface area contributed by atoms with E-state index in [4.69, 9.17) is 0 Å². The van der Waals surface area contributed by atoms with E-state index in [-0.39, 0.29) is 0 Å². The van der Waals surface area contributed by atoms with E-state index < -0.39 is 0 Å². The molecule has 0 aliphatic heterocycles. The first kappa shape index (κ1) is 9.26. The normalized spacial score (nSPS) is 9.75. The molecule has 0 N–H and O–H groups in total. The Morgan fingerprint density at radius 2 is 2.50 bits per heavy atom. The van der Waals surface area contributed by atoms with Crippen LogP contribution in [0.4, 0.5) is 0 Å². The van der Waals surface area contributed by atoms with Gasteiger partial charge in [-0.15, -0.1) is 11.8 Å². The number of nitrogens with zero attached hydrogens (tertiary/aromatic N) is 1. The summed E-state index contributed by atoms with van der Waals surface area (Å²) in [5, 5.41) is 0. The highest BCUT2D eigenvalue weighted by molar-refractivity contribution is 7.99. The Balaban J connectivity index is 2.66. The summed E-state index contributed by atoms with van der Waals surface area (Å²) >= 11 is 1.73. The van der Waals surface area contributed by atoms with E-state index in [0.717, 1.165) is 17.1 Å². The summed E-state index contributed by atoms with van der Waals surface area (Å²) in [6.45, 7) is 2.13. The lowest BCUT2D eigenvalue weighted by Crippen LogP contribution is -1.86. The minimum atomic E-state index is 0.385. The van der Waals surface area contributed by atoms with E-state index in [1.54, 1.807) is 30.3 Å².